The maximum Gasteiger partial charge on any atom is 0.251 e. The molecule has 0 unspecified atom stereocenters. The summed E-state index contributed by atoms with van der Waals surface area (Å²) in [5.74, 6) is -1.19. The monoisotopic (exact) mass is 126 g/mol. The SMILES string of the molecule is CC1=NC(C)(O)N=C1C. The van der Waals surface area contributed by atoms with Gasteiger partial charge in [-0.3, -0.25) is 0 Å². The van der Waals surface area contributed by atoms with Crippen molar-refractivity contribution in [2.24, 2.45) is 9.98 Å². The van der Waals surface area contributed by atoms with E-state index in [1.54, 1.807) is 6.92 Å². The lowest BCUT2D eigenvalue weighted by atomic mass is 10.3. The van der Waals surface area contributed by atoms with Gasteiger partial charge < -0.3 is 5.11 Å². The van der Waals surface area contributed by atoms with E-state index in [4.69, 9.17) is 5.11 Å². The number of aliphatic imine (C=N–C) groups is 2. The Balaban J connectivity index is 2.96. The van der Waals surface area contributed by atoms with Crippen LogP contribution in [-0.4, -0.2) is 22.4 Å². The fourth-order valence-corrected chi connectivity index (χ4v) is 0.822. The van der Waals surface area contributed by atoms with Crippen molar-refractivity contribution >= 4 is 11.4 Å². The minimum atomic E-state index is -1.19. The van der Waals surface area contributed by atoms with Crippen molar-refractivity contribution in [3.05, 3.63) is 0 Å². The fourth-order valence-electron chi connectivity index (χ4n) is 0.822. The van der Waals surface area contributed by atoms with Crippen molar-refractivity contribution < 1.29 is 5.11 Å². The molecule has 1 aliphatic rings. The number of aliphatic hydroxyl groups is 1. The molecule has 0 bridgehead atoms. The van der Waals surface area contributed by atoms with Gasteiger partial charge in [-0.05, 0) is 13.8 Å². The summed E-state index contributed by atoms with van der Waals surface area (Å²) in [5, 5.41) is 9.16. The van der Waals surface area contributed by atoms with Gasteiger partial charge in [0.1, 0.15) is 0 Å². The first kappa shape index (κ1) is 6.42. The number of nitrogens with zero attached hydrogens (tertiary/aromatic N) is 2. The Labute approximate surface area is 54.1 Å². The fraction of sp³-hybridized carbons (Fsp3) is 0.667. The summed E-state index contributed by atoms with van der Waals surface area (Å²) in [4.78, 5) is 7.74. The second-order valence-corrected chi connectivity index (χ2v) is 2.37. The molecule has 0 aromatic carbocycles. The minimum Gasteiger partial charge on any atom is -0.352 e. The van der Waals surface area contributed by atoms with Crippen molar-refractivity contribution in [1.29, 1.82) is 0 Å². The largest absolute Gasteiger partial charge is 0.352 e. The smallest absolute Gasteiger partial charge is 0.251 e. The van der Waals surface area contributed by atoms with Gasteiger partial charge in [-0.2, -0.15) is 0 Å². The summed E-state index contributed by atoms with van der Waals surface area (Å²) in [6, 6.07) is 0. The van der Waals surface area contributed by atoms with E-state index in [0.717, 1.165) is 11.4 Å². The highest BCUT2D eigenvalue weighted by Gasteiger charge is 2.23. The van der Waals surface area contributed by atoms with Crippen LogP contribution >= 0.6 is 0 Å². The molecule has 50 valence electrons. The van der Waals surface area contributed by atoms with Crippen molar-refractivity contribution in [1.82, 2.24) is 0 Å². The first-order valence-electron chi connectivity index (χ1n) is 2.87. The van der Waals surface area contributed by atoms with E-state index in [0.29, 0.717) is 0 Å². The minimum absolute atomic E-state index is 0.819. The second kappa shape index (κ2) is 1.64. The lowest BCUT2D eigenvalue weighted by Gasteiger charge is -2.05. The van der Waals surface area contributed by atoms with Crippen LogP contribution in [-0.2, 0) is 0 Å². The normalized spacial score (nSPS) is 23.6. The summed E-state index contributed by atoms with van der Waals surface area (Å²) >= 11 is 0. The van der Waals surface area contributed by atoms with Gasteiger partial charge in [0.25, 0.3) is 5.85 Å². The van der Waals surface area contributed by atoms with Gasteiger partial charge in [-0.1, -0.05) is 0 Å². The second-order valence-electron chi connectivity index (χ2n) is 2.37. The van der Waals surface area contributed by atoms with Crippen LogP contribution in [0.4, 0.5) is 0 Å². The lowest BCUT2D eigenvalue weighted by Crippen LogP contribution is -2.13. The van der Waals surface area contributed by atoms with Crippen LogP contribution in [0, 0.1) is 0 Å². The van der Waals surface area contributed by atoms with Crippen LogP contribution in [0.1, 0.15) is 20.8 Å². The first-order chi connectivity index (χ1) is 4.01. The zero-order chi connectivity index (χ0) is 7.07. The molecule has 1 N–H and O–H groups in total. The topological polar surface area (TPSA) is 45.0 Å². The molecule has 0 amide bonds. The maximum atomic E-state index is 9.16. The lowest BCUT2D eigenvalue weighted by molar-refractivity contribution is 0.0836. The third kappa shape index (κ3) is 1.16. The molecule has 9 heavy (non-hydrogen) atoms. The summed E-state index contributed by atoms with van der Waals surface area (Å²) in [6.45, 7) is 5.23. The Morgan fingerprint density at radius 2 is 1.56 bits per heavy atom. The molecule has 0 saturated heterocycles. The molecule has 1 heterocycles. The average molecular weight is 126 g/mol. The Kier molecular flexibility index (Phi) is 1.17. The molecule has 0 aromatic rings. The molecule has 1 aliphatic heterocycles. The van der Waals surface area contributed by atoms with E-state index in [2.05, 4.69) is 9.98 Å². The summed E-state index contributed by atoms with van der Waals surface area (Å²) < 4.78 is 0. The van der Waals surface area contributed by atoms with E-state index in [1.165, 1.54) is 0 Å². The van der Waals surface area contributed by atoms with Gasteiger partial charge in [-0.15, -0.1) is 0 Å². The molecule has 0 atom stereocenters. The predicted molar refractivity (Wildman–Crippen MR) is 36.8 cm³/mol. The number of hydrogen-bond donors (Lipinski definition) is 1. The quantitative estimate of drug-likeness (QED) is 0.507. The Morgan fingerprint density at radius 1 is 1.22 bits per heavy atom. The van der Waals surface area contributed by atoms with Gasteiger partial charge in [0.15, 0.2) is 0 Å². The van der Waals surface area contributed by atoms with Crippen LogP contribution in [0.5, 0.6) is 0 Å². The molecule has 0 fully saturated rings. The Morgan fingerprint density at radius 3 is 1.67 bits per heavy atom. The molecule has 3 nitrogen and oxygen atoms in total. The van der Waals surface area contributed by atoms with Crippen molar-refractivity contribution in [2.45, 2.75) is 26.6 Å². The predicted octanol–water partition coefficient (Wildman–Crippen LogP) is 0.588. The third-order valence-electron chi connectivity index (χ3n) is 1.28. The van der Waals surface area contributed by atoms with Gasteiger partial charge >= 0.3 is 0 Å². The van der Waals surface area contributed by atoms with Crippen LogP contribution in [0.3, 0.4) is 0 Å². The van der Waals surface area contributed by atoms with Crippen LogP contribution in [0.25, 0.3) is 0 Å². The standard InChI is InChI=1S/C6H10N2O/c1-4-5(2)8-6(3,9)7-4/h9H,1-3H3. The third-order valence-corrected chi connectivity index (χ3v) is 1.28. The molecular weight excluding hydrogens is 116 g/mol. The van der Waals surface area contributed by atoms with Gasteiger partial charge in [-0.25, -0.2) is 9.98 Å². The van der Waals surface area contributed by atoms with Crippen molar-refractivity contribution in [2.75, 3.05) is 0 Å². The number of hydrogen-bond acceptors (Lipinski definition) is 3. The van der Waals surface area contributed by atoms with Gasteiger partial charge in [0.05, 0.1) is 11.4 Å². The van der Waals surface area contributed by atoms with Crippen molar-refractivity contribution in [3.63, 3.8) is 0 Å². The summed E-state index contributed by atoms with van der Waals surface area (Å²) in [7, 11) is 0. The molecule has 0 spiro atoms. The Hall–Kier alpha value is -0.700. The zero-order valence-electron chi connectivity index (χ0n) is 5.84. The zero-order valence-corrected chi connectivity index (χ0v) is 5.84. The molecule has 0 radical (unpaired) electrons. The highest BCUT2D eigenvalue weighted by atomic mass is 16.3. The summed E-state index contributed by atoms with van der Waals surface area (Å²) in [5.41, 5.74) is 1.64. The van der Waals surface area contributed by atoms with E-state index in [9.17, 15) is 0 Å². The highest BCUT2D eigenvalue weighted by Crippen LogP contribution is 2.14. The van der Waals surface area contributed by atoms with Crippen LogP contribution in [0.2, 0.25) is 0 Å². The van der Waals surface area contributed by atoms with Crippen LogP contribution in [0.15, 0.2) is 9.98 Å². The van der Waals surface area contributed by atoms with E-state index < -0.39 is 5.85 Å². The number of rotatable bonds is 0. The highest BCUT2D eigenvalue weighted by molar-refractivity contribution is 6.41. The molecular formula is C6H10N2O. The van der Waals surface area contributed by atoms with E-state index in [1.807, 2.05) is 13.8 Å². The van der Waals surface area contributed by atoms with E-state index in [-0.39, 0.29) is 0 Å². The molecule has 1 rings (SSSR count). The Bertz CT molecular complexity index is 171. The first-order valence-corrected chi connectivity index (χ1v) is 2.87. The summed E-state index contributed by atoms with van der Waals surface area (Å²) in [6.07, 6.45) is 0. The van der Waals surface area contributed by atoms with Crippen molar-refractivity contribution in [3.8, 4) is 0 Å². The average Bonchev–Trinajstić information content (AvgIpc) is 1.79. The maximum absolute atomic E-state index is 9.16. The van der Waals surface area contributed by atoms with Gasteiger partial charge in [0.2, 0.25) is 0 Å². The van der Waals surface area contributed by atoms with E-state index >= 15 is 0 Å². The van der Waals surface area contributed by atoms with Crippen LogP contribution < -0.4 is 0 Å². The molecule has 0 saturated carbocycles. The molecule has 0 aromatic heterocycles. The molecule has 3 heteroatoms. The molecule has 0 aliphatic carbocycles. The van der Waals surface area contributed by atoms with Gasteiger partial charge in [0, 0.05) is 6.92 Å².